The molecule has 0 amide bonds. The van der Waals surface area contributed by atoms with Crippen LogP contribution in [-0.4, -0.2) is 0 Å². The van der Waals surface area contributed by atoms with Gasteiger partial charge < -0.3 is 14.2 Å². The van der Waals surface area contributed by atoms with Crippen molar-refractivity contribution in [2.45, 2.75) is 0 Å². The summed E-state index contributed by atoms with van der Waals surface area (Å²) in [6.07, 6.45) is 0. The third-order valence-electron chi connectivity index (χ3n) is 7.14. The maximum absolute atomic E-state index is 8.39. The molecule has 8 rings (SSSR count). The van der Waals surface area contributed by atoms with Gasteiger partial charge in [-0.25, -0.2) is 0 Å². The predicted octanol–water partition coefficient (Wildman–Crippen LogP) is 10.6. The van der Waals surface area contributed by atoms with Crippen LogP contribution >= 0.6 is 0 Å². The van der Waals surface area contributed by atoms with Crippen molar-refractivity contribution in [1.29, 1.82) is 0 Å². The van der Waals surface area contributed by atoms with Crippen LogP contribution in [0.1, 0.15) is 6.85 Å². The van der Waals surface area contributed by atoms with Gasteiger partial charge in [0.25, 0.3) is 0 Å². The fraction of sp³-hybridized carbons (Fsp3) is 0. The normalized spacial score (nSPS) is 13.4. The van der Waals surface area contributed by atoms with Crippen molar-refractivity contribution in [2.24, 2.45) is 0 Å². The first-order chi connectivity index (χ1) is 21.4. The zero-order valence-electron chi connectivity index (χ0n) is 25.6. The number of fused-ring (bicyclic) bond motifs is 6. The maximum atomic E-state index is 8.39. The number of furan rings is 2. The summed E-state index contributed by atoms with van der Waals surface area (Å²) in [7, 11) is 0. The van der Waals surface area contributed by atoms with Crippen molar-refractivity contribution in [3.8, 4) is 22.3 Å². The van der Waals surface area contributed by atoms with Crippen molar-refractivity contribution in [2.75, 3.05) is 5.32 Å². The van der Waals surface area contributed by atoms with Gasteiger partial charge in [-0.3, -0.25) is 0 Å². The molecule has 2 heterocycles. The van der Waals surface area contributed by atoms with Crippen LogP contribution in [0.5, 0.6) is 0 Å². The minimum Gasteiger partial charge on any atom is -0.456 e. The van der Waals surface area contributed by atoms with Crippen LogP contribution < -0.4 is 5.32 Å². The Morgan fingerprint density at radius 1 is 0.513 bits per heavy atom. The van der Waals surface area contributed by atoms with E-state index in [1.165, 1.54) is 0 Å². The molecule has 0 atom stereocenters. The van der Waals surface area contributed by atoms with Gasteiger partial charge in [-0.15, -0.1) is 0 Å². The van der Waals surface area contributed by atoms with E-state index < -0.39 is 6.04 Å². The van der Waals surface area contributed by atoms with E-state index >= 15 is 0 Å². The molecule has 2 aromatic heterocycles. The molecule has 0 radical (unpaired) electrons. The highest BCUT2D eigenvalue weighted by Crippen LogP contribution is 2.41. The van der Waals surface area contributed by atoms with Crippen molar-refractivity contribution in [3.05, 3.63) is 133 Å². The van der Waals surface area contributed by atoms with E-state index in [0.29, 0.717) is 16.8 Å². The number of nitrogens with one attached hydrogen (secondary N) is 1. The standard InChI is InChI=1S/C36H23NO2/c1-2-9-23(10-3-1)24-11-6-12-26(21-24)37-32-17-8-16-30-29-15-7-14-27(35(29)39-36(30)32)25-19-20-34-31(22-25)28-13-4-5-18-33(28)38-34/h1-22,37H/i1D,2D,3D,9D,10D. The van der Waals surface area contributed by atoms with Gasteiger partial charge in [-0.1, -0.05) is 96.9 Å². The van der Waals surface area contributed by atoms with Gasteiger partial charge in [0.1, 0.15) is 16.7 Å². The van der Waals surface area contributed by atoms with Crippen LogP contribution in [0.2, 0.25) is 0 Å². The summed E-state index contributed by atoms with van der Waals surface area (Å²) >= 11 is 0. The van der Waals surface area contributed by atoms with Crippen LogP contribution in [0, 0.1) is 0 Å². The first-order valence-corrected chi connectivity index (χ1v) is 12.7. The number of para-hydroxylation sites is 3. The summed E-state index contributed by atoms with van der Waals surface area (Å²) in [6, 6.07) is 31.9. The zero-order chi connectivity index (χ0) is 30.1. The maximum Gasteiger partial charge on any atom is 0.158 e. The van der Waals surface area contributed by atoms with E-state index in [0.717, 1.165) is 55.1 Å². The van der Waals surface area contributed by atoms with E-state index in [9.17, 15) is 0 Å². The van der Waals surface area contributed by atoms with E-state index in [4.69, 9.17) is 15.7 Å². The Morgan fingerprint density at radius 2 is 1.28 bits per heavy atom. The van der Waals surface area contributed by atoms with Crippen molar-refractivity contribution in [3.63, 3.8) is 0 Å². The first kappa shape index (κ1) is 17.3. The highest BCUT2D eigenvalue weighted by molar-refractivity contribution is 6.14. The van der Waals surface area contributed by atoms with Crippen LogP contribution in [0.25, 0.3) is 66.1 Å². The molecule has 0 fully saturated rings. The van der Waals surface area contributed by atoms with Crippen LogP contribution in [0.3, 0.4) is 0 Å². The predicted molar refractivity (Wildman–Crippen MR) is 162 cm³/mol. The average molecular weight is 507 g/mol. The minimum absolute atomic E-state index is 0.161. The van der Waals surface area contributed by atoms with Gasteiger partial charge in [-0.05, 0) is 53.1 Å². The second kappa shape index (κ2) is 8.64. The van der Waals surface area contributed by atoms with Gasteiger partial charge in [0.05, 0.1) is 12.5 Å². The highest BCUT2D eigenvalue weighted by Gasteiger charge is 2.16. The summed E-state index contributed by atoms with van der Waals surface area (Å²) in [5.41, 5.74) is 7.28. The molecule has 0 aliphatic heterocycles. The lowest BCUT2D eigenvalue weighted by Crippen LogP contribution is -1.91. The van der Waals surface area contributed by atoms with Gasteiger partial charge in [0, 0.05) is 32.8 Å². The van der Waals surface area contributed by atoms with Crippen molar-refractivity contribution >= 4 is 55.3 Å². The summed E-state index contributed by atoms with van der Waals surface area (Å²) in [5.74, 6) is 0. The van der Waals surface area contributed by atoms with Crippen molar-refractivity contribution in [1.82, 2.24) is 0 Å². The quantitative estimate of drug-likeness (QED) is 0.258. The number of rotatable bonds is 4. The lowest BCUT2D eigenvalue weighted by atomic mass is 10.0. The third-order valence-corrected chi connectivity index (χ3v) is 7.14. The Bertz CT molecular complexity index is 2410. The molecule has 3 heteroatoms. The Kier molecular flexibility index (Phi) is 3.83. The van der Waals surface area contributed by atoms with E-state index in [1.54, 1.807) is 18.2 Å². The van der Waals surface area contributed by atoms with E-state index in [-0.39, 0.29) is 29.7 Å². The monoisotopic (exact) mass is 506 g/mol. The molecule has 1 N–H and O–H groups in total. The number of anilines is 2. The highest BCUT2D eigenvalue weighted by atomic mass is 16.3. The molecular weight excluding hydrogens is 478 g/mol. The second-order valence-electron chi connectivity index (χ2n) is 9.48. The molecule has 0 bridgehead atoms. The molecule has 8 aromatic rings. The molecule has 0 saturated heterocycles. The fourth-order valence-corrected chi connectivity index (χ4v) is 5.34. The summed E-state index contributed by atoms with van der Waals surface area (Å²) < 4.78 is 53.5. The molecule has 0 spiro atoms. The SMILES string of the molecule is [2H]c1c([2H])c([2H])c(-c2cccc(Nc3cccc4c3oc3c(-c5ccc6oc7ccccc7c6c5)cccc34)c2)c([2H])c1[2H]. The van der Waals surface area contributed by atoms with Crippen LogP contribution in [0.4, 0.5) is 11.4 Å². The molecule has 0 saturated carbocycles. The fourth-order valence-electron chi connectivity index (χ4n) is 5.34. The Hall–Kier alpha value is -5.28. The zero-order valence-corrected chi connectivity index (χ0v) is 20.6. The first-order valence-electron chi connectivity index (χ1n) is 15.2. The molecule has 6 aromatic carbocycles. The summed E-state index contributed by atoms with van der Waals surface area (Å²) in [4.78, 5) is 0. The molecular formula is C36H23NO2. The summed E-state index contributed by atoms with van der Waals surface area (Å²) in [6.45, 7) is 0. The largest absolute Gasteiger partial charge is 0.456 e. The van der Waals surface area contributed by atoms with E-state index in [1.807, 2.05) is 54.6 Å². The second-order valence-corrected chi connectivity index (χ2v) is 9.48. The number of hydrogen-bond donors (Lipinski definition) is 1. The van der Waals surface area contributed by atoms with E-state index in [2.05, 4.69) is 35.6 Å². The lowest BCUT2D eigenvalue weighted by Gasteiger charge is -2.09. The van der Waals surface area contributed by atoms with Gasteiger partial charge in [-0.2, -0.15) is 0 Å². The smallest absolute Gasteiger partial charge is 0.158 e. The molecule has 0 aliphatic rings. The Balaban J connectivity index is 1.23. The Labute approximate surface area is 231 Å². The number of benzene rings is 6. The van der Waals surface area contributed by atoms with Gasteiger partial charge in [0.15, 0.2) is 5.58 Å². The molecule has 3 nitrogen and oxygen atoms in total. The minimum atomic E-state index is -0.410. The van der Waals surface area contributed by atoms with Crippen LogP contribution in [-0.2, 0) is 0 Å². The van der Waals surface area contributed by atoms with Crippen molar-refractivity contribution < 1.29 is 15.7 Å². The Morgan fingerprint density at radius 3 is 2.21 bits per heavy atom. The summed E-state index contributed by atoms with van der Waals surface area (Å²) in [5, 5.41) is 7.51. The lowest BCUT2D eigenvalue weighted by molar-refractivity contribution is 0.668. The third kappa shape index (κ3) is 3.59. The molecule has 39 heavy (non-hydrogen) atoms. The molecule has 0 unspecified atom stereocenters. The average Bonchev–Trinajstić information content (AvgIpc) is 3.62. The molecule has 0 aliphatic carbocycles. The number of hydrogen-bond acceptors (Lipinski definition) is 3. The van der Waals surface area contributed by atoms with Gasteiger partial charge >= 0.3 is 0 Å². The van der Waals surface area contributed by atoms with Gasteiger partial charge in [0.2, 0.25) is 0 Å². The molecule has 184 valence electrons. The van der Waals surface area contributed by atoms with Crippen LogP contribution in [0.15, 0.2) is 142 Å². The topological polar surface area (TPSA) is 38.3 Å².